The summed E-state index contributed by atoms with van der Waals surface area (Å²) in [4.78, 5) is 10.3. The minimum absolute atomic E-state index is 0.0914. The van der Waals surface area contributed by atoms with Gasteiger partial charge in [0.05, 0.1) is 5.92 Å². The molecule has 1 aromatic rings. The summed E-state index contributed by atoms with van der Waals surface area (Å²) in [5.74, 6) is -0.923. The van der Waals surface area contributed by atoms with Crippen molar-refractivity contribution in [3.63, 3.8) is 0 Å². The number of hydrogen-bond acceptors (Lipinski definition) is 4. The number of carbonyl (C=O) groups is 1. The van der Waals surface area contributed by atoms with E-state index in [1.54, 1.807) is 12.1 Å². The van der Waals surface area contributed by atoms with E-state index in [-0.39, 0.29) is 11.7 Å². The molecule has 5 nitrogen and oxygen atoms in total. The van der Waals surface area contributed by atoms with Crippen LogP contribution in [0.5, 0.6) is 5.75 Å². The normalized spacial score (nSPS) is 14.5. The number of carboxylic acid groups (broad SMARTS) is 1. The summed E-state index contributed by atoms with van der Waals surface area (Å²) in [6.07, 6.45) is 7.02. The Balaban J connectivity index is 0.000000442. The first-order chi connectivity index (χ1) is 14.8. The SMILES string of the molecule is CCCCCCCCCCNc1ccc(OC(F)(F)F)cc1.O=C(O)C1CCNCC1. The molecule has 0 amide bonds. The zero-order chi connectivity index (χ0) is 23.0. The number of piperidine rings is 1. The van der Waals surface area contributed by atoms with Gasteiger partial charge in [0.2, 0.25) is 0 Å². The summed E-state index contributed by atoms with van der Waals surface area (Å²) in [7, 11) is 0. The van der Waals surface area contributed by atoms with E-state index in [9.17, 15) is 18.0 Å². The van der Waals surface area contributed by atoms with Crippen molar-refractivity contribution in [3.05, 3.63) is 24.3 Å². The van der Waals surface area contributed by atoms with Gasteiger partial charge in [-0.3, -0.25) is 4.79 Å². The first-order valence-corrected chi connectivity index (χ1v) is 11.3. The molecule has 31 heavy (non-hydrogen) atoms. The van der Waals surface area contributed by atoms with Crippen LogP contribution in [0.25, 0.3) is 0 Å². The molecule has 0 bridgehead atoms. The van der Waals surface area contributed by atoms with Crippen LogP contribution in [0.1, 0.15) is 71.1 Å². The van der Waals surface area contributed by atoms with Gasteiger partial charge in [-0.05, 0) is 56.6 Å². The van der Waals surface area contributed by atoms with Gasteiger partial charge >= 0.3 is 12.3 Å². The van der Waals surface area contributed by atoms with Gasteiger partial charge in [-0.15, -0.1) is 13.2 Å². The van der Waals surface area contributed by atoms with E-state index in [0.717, 1.165) is 44.6 Å². The van der Waals surface area contributed by atoms with Gasteiger partial charge in [-0.25, -0.2) is 0 Å². The van der Waals surface area contributed by atoms with Gasteiger partial charge in [0.1, 0.15) is 5.75 Å². The van der Waals surface area contributed by atoms with Gasteiger partial charge in [-0.2, -0.15) is 0 Å². The maximum Gasteiger partial charge on any atom is 0.573 e. The Hall–Kier alpha value is -1.96. The van der Waals surface area contributed by atoms with E-state index >= 15 is 0 Å². The third-order valence-electron chi connectivity index (χ3n) is 5.14. The van der Waals surface area contributed by atoms with Crippen molar-refractivity contribution >= 4 is 11.7 Å². The lowest BCUT2D eigenvalue weighted by Gasteiger charge is -2.17. The third kappa shape index (κ3) is 14.6. The summed E-state index contributed by atoms with van der Waals surface area (Å²) >= 11 is 0. The number of rotatable bonds is 12. The van der Waals surface area contributed by atoms with Crippen LogP contribution >= 0.6 is 0 Å². The number of ether oxygens (including phenoxy) is 1. The van der Waals surface area contributed by atoms with Crippen LogP contribution < -0.4 is 15.4 Å². The van der Waals surface area contributed by atoms with Gasteiger partial charge in [0.25, 0.3) is 0 Å². The topological polar surface area (TPSA) is 70.6 Å². The molecule has 1 heterocycles. The standard InChI is InChI=1S/C17H26F3NO.C6H11NO2/c1-2-3-4-5-6-7-8-9-14-21-15-10-12-16(13-11-15)22-17(18,19)20;8-6(9)5-1-3-7-4-2-5/h10-13,21H,2-9,14H2,1H3;5,7H,1-4H2,(H,8,9). The Morgan fingerprint density at radius 3 is 2.06 bits per heavy atom. The molecule has 0 saturated carbocycles. The molecule has 0 atom stereocenters. The molecule has 1 aliphatic rings. The number of nitrogens with one attached hydrogen (secondary N) is 2. The average molecular weight is 447 g/mol. The molecule has 0 unspecified atom stereocenters. The van der Waals surface area contributed by atoms with Crippen LogP contribution in [-0.4, -0.2) is 37.1 Å². The smallest absolute Gasteiger partial charge is 0.481 e. The zero-order valence-corrected chi connectivity index (χ0v) is 18.5. The van der Waals surface area contributed by atoms with Crippen molar-refractivity contribution < 1.29 is 27.8 Å². The summed E-state index contributed by atoms with van der Waals surface area (Å²) in [5.41, 5.74) is 0.817. The maximum atomic E-state index is 12.0. The Labute approximate surface area is 183 Å². The molecule has 2 rings (SSSR count). The molecule has 178 valence electrons. The van der Waals surface area contributed by atoms with Crippen molar-refractivity contribution in [2.75, 3.05) is 25.0 Å². The van der Waals surface area contributed by atoms with E-state index in [2.05, 4.69) is 22.3 Å². The molecular weight excluding hydrogens is 409 g/mol. The third-order valence-corrected chi connectivity index (χ3v) is 5.14. The fourth-order valence-electron chi connectivity index (χ4n) is 3.33. The quantitative estimate of drug-likeness (QED) is 0.333. The second kappa shape index (κ2) is 15.8. The fraction of sp³-hybridized carbons (Fsp3) is 0.696. The molecule has 1 fully saturated rings. The number of carboxylic acids is 1. The molecule has 1 aliphatic heterocycles. The Morgan fingerprint density at radius 2 is 1.58 bits per heavy atom. The van der Waals surface area contributed by atoms with Crippen molar-refractivity contribution in [2.45, 2.75) is 77.5 Å². The monoisotopic (exact) mass is 446 g/mol. The van der Waals surface area contributed by atoms with Crippen LogP contribution in [-0.2, 0) is 4.79 Å². The first-order valence-electron chi connectivity index (χ1n) is 11.3. The highest BCUT2D eigenvalue weighted by atomic mass is 19.4. The van der Waals surface area contributed by atoms with Crippen molar-refractivity contribution in [2.24, 2.45) is 5.92 Å². The molecular formula is C23H37F3N2O3. The van der Waals surface area contributed by atoms with Gasteiger partial charge in [-0.1, -0.05) is 51.9 Å². The molecule has 0 radical (unpaired) electrons. The number of benzene rings is 1. The van der Waals surface area contributed by atoms with E-state index in [4.69, 9.17) is 5.11 Å². The summed E-state index contributed by atoms with van der Waals surface area (Å²) in [6.45, 7) is 4.77. The summed E-state index contributed by atoms with van der Waals surface area (Å²) in [5, 5.41) is 14.8. The largest absolute Gasteiger partial charge is 0.573 e. The van der Waals surface area contributed by atoms with Crippen molar-refractivity contribution in [1.82, 2.24) is 5.32 Å². The van der Waals surface area contributed by atoms with Gasteiger partial charge in [0.15, 0.2) is 0 Å². The minimum Gasteiger partial charge on any atom is -0.481 e. The molecule has 0 aromatic heterocycles. The number of unbranched alkanes of at least 4 members (excludes halogenated alkanes) is 7. The van der Waals surface area contributed by atoms with Crippen molar-refractivity contribution in [1.29, 1.82) is 0 Å². The second-order valence-corrected chi connectivity index (χ2v) is 7.84. The van der Waals surface area contributed by atoms with Gasteiger partial charge in [0, 0.05) is 12.2 Å². The second-order valence-electron chi connectivity index (χ2n) is 7.84. The number of halogens is 3. The maximum absolute atomic E-state index is 12.0. The van der Waals surface area contributed by atoms with E-state index in [0.29, 0.717) is 0 Å². The highest BCUT2D eigenvalue weighted by molar-refractivity contribution is 5.70. The lowest BCUT2D eigenvalue weighted by atomic mass is 9.99. The highest BCUT2D eigenvalue weighted by Gasteiger charge is 2.30. The fourth-order valence-corrected chi connectivity index (χ4v) is 3.33. The van der Waals surface area contributed by atoms with E-state index < -0.39 is 12.3 Å². The van der Waals surface area contributed by atoms with Crippen molar-refractivity contribution in [3.8, 4) is 5.75 Å². The number of hydrogen-bond donors (Lipinski definition) is 3. The Bertz CT molecular complexity index is 589. The Morgan fingerprint density at radius 1 is 1.03 bits per heavy atom. The number of anilines is 1. The highest BCUT2D eigenvalue weighted by Crippen LogP contribution is 2.24. The summed E-state index contributed by atoms with van der Waals surface area (Å²) < 4.78 is 39.9. The molecule has 0 spiro atoms. The minimum atomic E-state index is -4.63. The van der Waals surface area contributed by atoms with E-state index in [1.807, 2.05) is 0 Å². The Kier molecular flexibility index (Phi) is 13.8. The molecule has 1 aromatic carbocycles. The number of aliphatic carboxylic acids is 1. The van der Waals surface area contributed by atoms with Crippen LogP contribution in [0.4, 0.5) is 18.9 Å². The average Bonchev–Trinajstić information content (AvgIpc) is 2.74. The van der Waals surface area contributed by atoms with Crippen LogP contribution in [0.15, 0.2) is 24.3 Å². The van der Waals surface area contributed by atoms with Crippen LogP contribution in [0.3, 0.4) is 0 Å². The number of alkyl halides is 3. The predicted molar refractivity (Wildman–Crippen MR) is 117 cm³/mol. The molecule has 0 aliphatic carbocycles. The lowest BCUT2D eigenvalue weighted by molar-refractivity contribution is -0.274. The predicted octanol–water partition coefficient (Wildman–Crippen LogP) is 6.21. The zero-order valence-electron chi connectivity index (χ0n) is 18.5. The van der Waals surface area contributed by atoms with E-state index in [1.165, 1.54) is 57.1 Å². The van der Waals surface area contributed by atoms with Crippen LogP contribution in [0.2, 0.25) is 0 Å². The summed E-state index contributed by atoms with van der Waals surface area (Å²) in [6, 6.07) is 5.85. The first kappa shape index (κ1) is 27.1. The van der Waals surface area contributed by atoms with Crippen LogP contribution in [0, 0.1) is 5.92 Å². The molecule has 8 heteroatoms. The lowest BCUT2D eigenvalue weighted by Crippen LogP contribution is -2.31. The van der Waals surface area contributed by atoms with Gasteiger partial charge < -0.3 is 20.5 Å². The molecule has 1 saturated heterocycles. The molecule has 3 N–H and O–H groups in total.